The summed E-state index contributed by atoms with van der Waals surface area (Å²) in [7, 11) is 0. The number of benzene rings is 1. The first-order chi connectivity index (χ1) is 7.16. The summed E-state index contributed by atoms with van der Waals surface area (Å²) < 4.78 is 18.5. The van der Waals surface area contributed by atoms with Gasteiger partial charge in [-0.2, -0.15) is 0 Å². The minimum atomic E-state index is -0.379. The van der Waals surface area contributed by atoms with Gasteiger partial charge in [0.1, 0.15) is 11.6 Å². The zero-order valence-electron chi connectivity index (χ0n) is 8.53. The SMILES string of the molecule is CC(NC1COC1)c1ccc(O)cc1F. The molecule has 1 fully saturated rings. The molecule has 1 atom stereocenters. The lowest BCUT2D eigenvalue weighted by Gasteiger charge is -2.30. The first kappa shape index (κ1) is 10.4. The predicted octanol–water partition coefficient (Wildman–Crippen LogP) is 1.58. The molecule has 2 N–H and O–H groups in total. The molecule has 0 saturated carbocycles. The standard InChI is InChI=1S/C11H14FNO2/c1-7(13-8-5-15-6-8)10-3-2-9(14)4-11(10)12/h2-4,7-8,13-14H,5-6H2,1H3. The third-order valence-electron chi connectivity index (χ3n) is 2.57. The number of halogens is 1. The van der Waals surface area contributed by atoms with Crippen molar-refractivity contribution in [1.82, 2.24) is 5.32 Å². The van der Waals surface area contributed by atoms with E-state index in [0.717, 1.165) is 6.07 Å². The minimum Gasteiger partial charge on any atom is -0.508 e. The molecule has 0 spiro atoms. The normalized spacial score (nSPS) is 18.5. The Morgan fingerprint density at radius 1 is 1.53 bits per heavy atom. The van der Waals surface area contributed by atoms with Gasteiger partial charge in [0.2, 0.25) is 0 Å². The fourth-order valence-corrected chi connectivity index (χ4v) is 1.64. The Bertz CT molecular complexity index is 352. The van der Waals surface area contributed by atoms with Gasteiger partial charge in [-0.05, 0) is 13.0 Å². The molecule has 4 heteroatoms. The van der Waals surface area contributed by atoms with E-state index in [1.807, 2.05) is 6.92 Å². The number of nitrogens with one attached hydrogen (secondary N) is 1. The summed E-state index contributed by atoms with van der Waals surface area (Å²) in [6.45, 7) is 3.27. The van der Waals surface area contributed by atoms with E-state index in [4.69, 9.17) is 9.84 Å². The van der Waals surface area contributed by atoms with E-state index in [9.17, 15) is 4.39 Å². The maximum Gasteiger partial charge on any atom is 0.131 e. The van der Waals surface area contributed by atoms with E-state index in [1.165, 1.54) is 6.07 Å². The summed E-state index contributed by atoms with van der Waals surface area (Å²) in [4.78, 5) is 0. The maximum absolute atomic E-state index is 13.4. The van der Waals surface area contributed by atoms with Gasteiger partial charge < -0.3 is 15.2 Å². The van der Waals surface area contributed by atoms with Crippen molar-refractivity contribution in [1.29, 1.82) is 0 Å². The second kappa shape index (κ2) is 4.16. The third-order valence-corrected chi connectivity index (χ3v) is 2.57. The van der Waals surface area contributed by atoms with Crippen LogP contribution in [-0.2, 0) is 4.74 Å². The third kappa shape index (κ3) is 2.27. The molecule has 0 aromatic heterocycles. The smallest absolute Gasteiger partial charge is 0.131 e. The van der Waals surface area contributed by atoms with Crippen molar-refractivity contribution in [2.24, 2.45) is 0 Å². The van der Waals surface area contributed by atoms with Crippen LogP contribution in [0.2, 0.25) is 0 Å². The number of hydrogen-bond donors (Lipinski definition) is 2. The van der Waals surface area contributed by atoms with E-state index in [1.54, 1.807) is 6.07 Å². The molecule has 1 aliphatic rings. The van der Waals surface area contributed by atoms with Gasteiger partial charge in [-0.15, -0.1) is 0 Å². The first-order valence-electron chi connectivity index (χ1n) is 4.99. The lowest BCUT2D eigenvalue weighted by molar-refractivity contribution is -0.00940. The lowest BCUT2D eigenvalue weighted by atomic mass is 10.1. The number of rotatable bonds is 3. The summed E-state index contributed by atoms with van der Waals surface area (Å²) in [5, 5.41) is 12.3. The van der Waals surface area contributed by atoms with E-state index < -0.39 is 0 Å². The molecule has 1 aromatic carbocycles. The molecule has 0 aliphatic carbocycles. The van der Waals surface area contributed by atoms with Gasteiger partial charge in [-0.3, -0.25) is 0 Å². The predicted molar refractivity (Wildman–Crippen MR) is 54.2 cm³/mol. The molecular formula is C11H14FNO2. The Balaban J connectivity index is 2.06. The van der Waals surface area contributed by atoms with Gasteiger partial charge in [0, 0.05) is 17.7 Å². The van der Waals surface area contributed by atoms with Crippen molar-refractivity contribution >= 4 is 0 Å². The molecule has 3 nitrogen and oxygen atoms in total. The Kier molecular flexibility index (Phi) is 2.88. The van der Waals surface area contributed by atoms with Crippen LogP contribution in [0.1, 0.15) is 18.5 Å². The van der Waals surface area contributed by atoms with Crippen LogP contribution >= 0.6 is 0 Å². The van der Waals surface area contributed by atoms with Gasteiger partial charge in [0.25, 0.3) is 0 Å². The van der Waals surface area contributed by atoms with E-state index in [-0.39, 0.29) is 17.6 Å². The van der Waals surface area contributed by atoms with Gasteiger partial charge in [-0.1, -0.05) is 6.07 Å². The molecule has 1 saturated heterocycles. The average molecular weight is 211 g/mol. The van der Waals surface area contributed by atoms with E-state index in [2.05, 4.69) is 5.32 Å². The summed E-state index contributed by atoms with van der Waals surface area (Å²) in [6.07, 6.45) is 0. The fourth-order valence-electron chi connectivity index (χ4n) is 1.64. The summed E-state index contributed by atoms with van der Waals surface area (Å²) in [6, 6.07) is 4.47. The molecule has 1 aromatic rings. The molecule has 0 radical (unpaired) electrons. The number of hydrogen-bond acceptors (Lipinski definition) is 3. The Morgan fingerprint density at radius 3 is 2.80 bits per heavy atom. The molecule has 82 valence electrons. The highest BCUT2D eigenvalue weighted by molar-refractivity contribution is 5.29. The summed E-state index contributed by atoms with van der Waals surface area (Å²) in [5.41, 5.74) is 0.569. The zero-order chi connectivity index (χ0) is 10.8. The van der Waals surface area contributed by atoms with Gasteiger partial charge in [0.05, 0.1) is 19.3 Å². The maximum atomic E-state index is 13.4. The number of ether oxygens (including phenoxy) is 1. The van der Waals surface area contributed by atoms with Crippen LogP contribution in [0.15, 0.2) is 18.2 Å². The van der Waals surface area contributed by atoms with E-state index in [0.29, 0.717) is 24.8 Å². The van der Waals surface area contributed by atoms with Crippen LogP contribution < -0.4 is 5.32 Å². The molecule has 2 rings (SSSR count). The topological polar surface area (TPSA) is 41.5 Å². The first-order valence-corrected chi connectivity index (χ1v) is 4.99. The Labute approximate surface area is 87.9 Å². The number of phenolic OH excluding ortho intramolecular Hbond substituents is 1. The molecular weight excluding hydrogens is 197 g/mol. The van der Waals surface area contributed by atoms with Gasteiger partial charge >= 0.3 is 0 Å². The molecule has 1 unspecified atom stereocenters. The van der Waals surface area contributed by atoms with Crippen molar-refractivity contribution in [2.75, 3.05) is 13.2 Å². The molecule has 1 aliphatic heterocycles. The number of aromatic hydroxyl groups is 1. The van der Waals surface area contributed by atoms with Crippen molar-refractivity contribution in [3.05, 3.63) is 29.6 Å². The molecule has 0 bridgehead atoms. The highest BCUT2D eigenvalue weighted by atomic mass is 19.1. The van der Waals surface area contributed by atoms with Crippen LogP contribution in [0.25, 0.3) is 0 Å². The van der Waals surface area contributed by atoms with Gasteiger partial charge in [-0.25, -0.2) is 4.39 Å². The highest BCUT2D eigenvalue weighted by Gasteiger charge is 2.21. The monoisotopic (exact) mass is 211 g/mol. The highest BCUT2D eigenvalue weighted by Crippen LogP contribution is 2.21. The van der Waals surface area contributed by atoms with Gasteiger partial charge in [0.15, 0.2) is 0 Å². The Hall–Kier alpha value is -1.13. The van der Waals surface area contributed by atoms with Crippen LogP contribution in [0.4, 0.5) is 4.39 Å². The van der Waals surface area contributed by atoms with Crippen molar-refractivity contribution in [2.45, 2.75) is 19.0 Å². The van der Waals surface area contributed by atoms with Crippen LogP contribution in [0.3, 0.4) is 0 Å². The van der Waals surface area contributed by atoms with Crippen LogP contribution in [0.5, 0.6) is 5.75 Å². The quantitative estimate of drug-likeness (QED) is 0.797. The largest absolute Gasteiger partial charge is 0.508 e. The van der Waals surface area contributed by atoms with E-state index >= 15 is 0 Å². The van der Waals surface area contributed by atoms with Crippen molar-refractivity contribution in [3.63, 3.8) is 0 Å². The molecule has 15 heavy (non-hydrogen) atoms. The second-order valence-electron chi connectivity index (χ2n) is 3.83. The second-order valence-corrected chi connectivity index (χ2v) is 3.83. The van der Waals surface area contributed by atoms with Crippen LogP contribution in [-0.4, -0.2) is 24.4 Å². The summed E-state index contributed by atoms with van der Waals surface area (Å²) >= 11 is 0. The number of phenols is 1. The fraction of sp³-hybridized carbons (Fsp3) is 0.455. The molecule has 1 heterocycles. The van der Waals surface area contributed by atoms with Crippen LogP contribution in [0, 0.1) is 5.82 Å². The minimum absolute atomic E-state index is 0.0459. The molecule has 0 amide bonds. The zero-order valence-corrected chi connectivity index (χ0v) is 8.53. The van der Waals surface area contributed by atoms with Crippen molar-refractivity contribution in [3.8, 4) is 5.75 Å². The van der Waals surface area contributed by atoms with Crippen molar-refractivity contribution < 1.29 is 14.2 Å². The summed E-state index contributed by atoms with van der Waals surface area (Å²) in [5.74, 6) is -0.425. The average Bonchev–Trinajstić information content (AvgIpc) is 2.11. The lowest BCUT2D eigenvalue weighted by Crippen LogP contribution is -2.46. The Morgan fingerprint density at radius 2 is 2.27 bits per heavy atom.